The average molecular weight is 1260 g/mol. The van der Waals surface area contributed by atoms with E-state index in [0.717, 1.165) is 106 Å². The number of fused-ring (bicyclic) bond motifs is 2. The fraction of sp³-hybridized carbons (Fsp3) is 0.344. The van der Waals surface area contributed by atoms with Crippen LogP contribution in [-0.4, -0.2) is 130 Å². The largest absolute Gasteiger partial charge is 0.468 e. The Morgan fingerprint density at radius 1 is 0.488 bits per heavy atom. The zero-order chi connectivity index (χ0) is 59.2. The molecule has 84 heavy (non-hydrogen) atoms. The number of ether oxygens (including phenoxy) is 2. The molecular weight excluding hydrogens is 1190 g/mol. The van der Waals surface area contributed by atoms with Gasteiger partial charge in [0.05, 0.1) is 50.4 Å². The normalized spacial score (nSPS) is 15.0. The lowest BCUT2D eigenvalue weighted by Crippen LogP contribution is -2.47. The maximum atomic E-state index is 12.5. The van der Waals surface area contributed by atoms with Gasteiger partial charge in [-0.15, -0.1) is 12.4 Å². The van der Waals surface area contributed by atoms with Crippen LogP contribution in [-0.2, 0) is 32.2 Å². The first-order valence-electron chi connectivity index (χ1n) is 27.8. The molecule has 20 heteroatoms. The third kappa shape index (κ3) is 17.7. The predicted molar refractivity (Wildman–Crippen MR) is 344 cm³/mol. The molecule has 444 valence electrons. The van der Waals surface area contributed by atoms with Crippen LogP contribution in [0.5, 0.6) is 0 Å². The zero-order valence-electron chi connectivity index (χ0n) is 48.0. The van der Waals surface area contributed by atoms with Crippen molar-refractivity contribution in [2.75, 3.05) is 71.9 Å². The molecule has 10 rings (SSSR count). The highest BCUT2D eigenvalue weighted by Crippen LogP contribution is 2.34. The molecule has 2 fully saturated rings. The number of halogens is 6. The summed E-state index contributed by atoms with van der Waals surface area (Å²) in [6, 6.07) is 47.5. The Balaban J connectivity index is 0.000000211. The number of hydrogen-bond donors (Lipinski definition) is 2. The van der Waals surface area contributed by atoms with Crippen molar-refractivity contribution in [1.29, 1.82) is 0 Å². The summed E-state index contributed by atoms with van der Waals surface area (Å²) in [6.45, 7) is 16.2. The highest BCUT2D eigenvalue weighted by Gasteiger charge is 2.30. The summed E-state index contributed by atoms with van der Waals surface area (Å²) in [5.41, 5.74) is 12.0. The van der Waals surface area contributed by atoms with Crippen LogP contribution < -0.4 is 11.1 Å². The molecule has 0 spiro atoms. The molecule has 0 unspecified atom stereocenters. The van der Waals surface area contributed by atoms with Gasteiger partial charge in [-0.05, 0) is 107 Å². The van der Waals surface area contributed by atoms with Gasteiger partial charge in [-0.3, -0.25) is 24.4 Å². The Bertz CT molecular complexity index is 3300. The molecule has 0 amide bonds. The molecule has 8 aromatic rings. The number of hydrogen-bond acceptors (Lipinski definition) is 14. The summed E-state index contributed by atoms with van der Waals surface area (Å²) in [7, 11) is 2.75. The van der Waals surface area contributed by atoms with Gasteiger partial charge in [-0.1, -0.05) is 158 Å². The number of nitrogens with two attached hydrogens (primary N) is 1. The van der Waals surface area contributed by atoms with Gasteiger partial charge in [0.2, 0.25) is 0 Å². The predicted octanol–water partition coefficient (Wildman–Crippen LogP) is 13.5. The third-order valence-corrected chi connectivity index (χ3v) is 16.2. The minimum absolute atomic E-state index is 0. The van der Waals surface area contributed by atoms with Crippen LogP contribution in [0.1, 0.15) is 73.7 Å². The summed E-state index contributed by atoms with van der Waals surface area (Å²) in [5, 5.41) is 8.57. The van der Waals surface area contributed by atoms with Gasteiger partial charge in [-0.2, -0.15) is 0 Å². The van der Waals surface area contributed by atoms with E-state index in [9.17, 15) is 9.59 Å². The SMILES string of the molecule is COC(=O)[C@@H](N)C(C)C.COC(=O)[C@@H](Nc1nc(CN2CCN(C(c3ccc(Cl)cc3)c3ccc(Cl)cc3)CC2)nc2ccccc12)C(C)C.Cl.Clc1ccc(C(c2ccc(Cl)cc2)N2CCN(Cc3nc(Cl)c4ccccc4n3)CC2)cc1. The second-order valence-corrected chi connectivity index (χ2v) is 23.4. The first-order chi connectivity index (χ1) is 40.0. The van der Waals surface area contributed by atoms with Gasteiger partial charge >= 0.3 is 11.9 Å². The highest BCUT2D eigenvalue weighted by atomic mass is 35.5. The van der Waals surface area contributed by atoms with Crippen LogP contribution in [0.4, 0.5) is 5.82 Å². The number of methoxy groups -OCH3 is 2. The monoisotopic (exact) mass is 1250 g/mol. The summed E-state index contributed by atoms with van der Waals surface area (Å²) in [4.78, 5) is 51.9. The minimum Gasteiger partial charge on any atom is -0.468 e. The van der Waals surface area contributed by atoms with Gasteiger partial charge in [0.1, 0.15) is 34.7 Å². The first-order valence-corrected chi connectivity index (χ1v) is 29.7. The molecule has 2 aromatic heterocycles. The van der Waals surface area contributed by atoms with E-state index in [0.29, 0.717) is 24.1 Å². The molecule has 0 saturated carbocycles. The molecule has 6 aromatic carbocycles. The number of aromatic nitrogens is 4. The Kier molecular flexibility index (Phi) is 24.8. The van der Waals surface area contributed by atoms with Crippen molar-refractivity contribution in [2.45, 2.75) is 65.0 Å². The molecule has 2 aliphatic rings. The Labute approximate surface area is 524 Å². The second kappa shape index (κ2) is 31.6. The van der Waals surface area contributed by atoms with Crippen molar-refractivity contribution >= 4 is 110 Å². The molecule has 2 atom stereocenters. The maximum absolute atomic E-state index is 12.5. The lowest BCUT2D eigenvalue weighted by molar-refractivity contribution is -0.143. The van der Waals surface area contributed by atoms with Gasteiger partial charge in [0, 0.05) is 83.2 Å². The number of carbonyl (C=O) groups excluding carboxylic acids is 2. The van der Waals surface area contributed by atoms with Crippen LogP contribution in [0, 0.1) is 11.8 Å². The van der Waals surface area contributed by atoms with Crippen LogP contribution >= 0.6 is 70.4 Å². The molecule has 4 heterocycles. The smallest absolute Gasteiger partial charge is 0.328 e. The number of para-hydroxylation sites is 2. The Hall–Kier alpha value is -5.72. The average Bonchev–Trinajstić information content (AvgIpc) is 3.53. The van der Waals surface area contributed by atoms with E-state index in [-0.39, 0.29) is 48.3 Å². The first kappa shape index (κ1) is 65.8. The summed E-state index contributed by atoms with van der Waals surface area (Å²) >= 11 is 31.1. The zero-order valence-corrected chi connectivity index (χ0v) is 52.6. The number of nitrogens with zero attached hydrogens (tertiary/aromatic N) is 8. The number of benzene rings is 6. The second-order valence-electron chi connectivity index (χ2n) is 21.3. The molecule has 0 radical (unpaired) electrons. The molecule has 0 aliphatic carbocycles. The lowest BCUT2D eigenvalue weighted by Gasteiger charge is -2.39. The number of piperazine rings is 2. The van der Waals surface area contributed by atoms with E-state index in [1.807, 2.05) is 125 Å². The van der Waals surface area contributed by atoms with Gasteiger partial charge < -0.3 is 20.5 Å². The Morgan fingerprint density at radius 3 is 1.20 bits per heavy atom. The van der Waals surface area contributed by atoms with E-state index in [1.54, 1.807) is 0 Å². The van der Waals surface area contributed by atoms with Crippen molar-refractivity contribution in [3.63, 3.8) is 0 Å². The van der Waals surface area contributed by atoms with E-state index in [4.69, 9.17) is 83.4 Å². The van der Waals surface area contributed by atoms with E-state index < -0.39 is 12.1 Å². The number of anilines is 1. The van der Waals surface area contributed by atoms with Gasteiger partial charge in [0.15, 0.2) is 0 Å². The van der Waals surface area contributed by atoms with Gasteiger partial charge in [0.25, 0.3) is 0 Å². The van der Waals surface area contributed by atoms with E-state index >= 15 is 0 Å². The van der Waals surface area contributed by atoms with Gasteiger partial charge in [-0.25, -0.2) is 24.7 Å². The highest BCUT2D eigenvalue weighted by molar-refractivity contribution is 6.34. The molecule has 2 saturated heterocycles. The summed E-state index contributed by atoms with van der Waals surface area (Å²) in [6.07, 6.45) is 0. The maximum Gasteiger partial charge on any atom is 0.328 e. The standard InChI is InChI=1S/C32H35Cl2N5O2.C26H23Cl3N4.C6H13NO2.ClH/c1-21(2)29(32(40)41-3)37-31-26-6-4-5-7-27(26)35-28(36-31)20-38-16-18-39(19-17-38)30(22-8-12-24(33)13-9-22)23-10-14-25(34)15-11-23;27-20-9-5-18(6-10-20)25(19-7-11-21(28)12-8-19)33-15-13-32(14-16-33)17-24-30-23-4-2-1-3-22(23)26(29)31-24;1-4(2)5(7)6(8)9-3;/h4-15,21,29-30H,16-20H2,1-3H3,(H,35,36,37);1-12,25H,13-17H2;4-5H,7H2,1-3H3;1H/t29-;;5-;/m0.0./s1. The number of carbonyl (C=O) groups is 2. The summed E-state index contributed by atoms with van der Waals surface area (Å²) < 4.78 is 9.45. The van der Waals surface area contributed by atoms with Crippen molar-refractivity contribution in [1.82, 2.24) is 39.5 Å². The fourth-order valence-electron chi connectivity index (χ4n) is 10.2. The number of nitrogens with one attached hydrogen (secondary N) is 1. The summed E-state index contributed by atoms with van der Waals surface area (Å²) in [5.74, 6) is 1.66. The lowest BCUT2D eigenvalue weighted by atomic mass is 9.96. The number of esters is 2. The minimum atomic E-state index is -0.507. The van der Waals surface area contributed by atoms with Crippen LogP contribution in [0.15, 0.2) is 146 Å². The third-order valence-electron chi connectivity index (χ3n) is 14.9. The van der Waals surface area contributed by atoms with E-state index in [1.165, 1.54) is 36.5 Å². The van der Waals surface area contributed by atoms with Crippen LogP contribution in [0.3, 0.4) is 0 Å². The molecule has 3 N–H and O–H groups in total. The molecular formula is C64H72Cl6N10O4. The van der Waals surface area contributed by atoms with Crippen LogP contribution in [0.25, 0.3) is 21.8 Å². The van der Waals surface area contributed by atoms with Crippen molar-refractivity contribution in [3.05, 3.63) is 205 Å². The fourth-order valence-corrected chi connectivity index (χ4v) is 11.0. The quantitative estimate of drug-likeness (QED) is 0.0696. The molecule has 2 aliphatic heterocycles. The number of rotatable bonds is 16. The van der Waals surface area contributed by atoms with Crippen LogP contribution in [0.2, 0.25) is 25.2 Å². The molecule has 0 bridgehead atoms. The van der Waals surface area contributed by atoms with Crippen molar-refractivity contribution < 1.29 is 19.1 Å². The van der Waals surface area contributed by atoms with Crippen molar-refractivity contribution in [2.24, 2.45) is 17.6 Å². The Morgan fingerprint density at radius 2 is 0.845 bits per heavy atom. The topological polar surface area (TPSA) is 155 Å². The molecule has 14 nitrogen and oxygen atoms in total. The van der Waals surface area contributed by atoms with Crippen molar-refractivity contribution in [3.8, 4) is 0 Å². The van der Waals surface area contributed by atoms with E-state index in [2.05, 4.69) is 83.2 Å².